The van der Waals surface area contributed by atoms with Gasteiger partial charge in [-0.05, 0) is 74.0 Å². The Morgan fingerprint density at radius 1 is 1.16 bits per heavy atom. The maximum absolute atomic E-state index is 14.2. The molecule has 2 fully saturated rings. The van der Waals surface area contributed by atoms with Gasteiger partial charge in [-0.15, -0.1) is 6.58 Å². The highest BCUT2D eigenvalue weighted by atomic mass is 35.5. The number of halogens is 2. The molecule has 170 valence electrons. The Morgan fingerprint density at radius 3 is 2.47 bits per heavy atom. The summed E-state index contributed by atoms with van der Waals surface area (Å²) in [7, 11) is 1.97. The quantitative estimate of drug-likeness (QED) is 0.438. The van der Waals surface area contributed by atoms with Gasteiger partial charge in [0.1, 0.15) is 0 Å². The largest absolute Gasteiger partial charge is 0.330 e. The van der Waals surface area contributed by atoms with Crippen molar-refractivity contribution in [2.24, 2.45) is 11.3 Å². The van der Waals surface area contributed by atoms with Crippen molar-refractivity contribution in [1.29, 1.82) is 0 Å². The van der Waals surface area contributed by atoms with E-state index in [1.807, 2.05) is 37.4 Å². The van der Waals surface area contributed by atoms with E-state index in [9.17, 15) is 4.79 Å². The SMILES string of the molecule is C=CC[C@@]1(C)C[C@H](c2cccc(Cl)c2)[C@@H](c2ccc(Cl)cc2)N([C@@H](CNC)C2CC2)C1=O. The molecule has 4 atom stereocenters. The molecule has 1 heterocycles. The summed E-state index contributed by atoms with van der Waals surface area (Å²) >= 11 is 12.7. The second-order valence-electron chi connectivity index (χ2n) is 9.59. The lowest BCUT2D eigenvalue weighted by Crippen LogP contribution is -2.58. The van der Waals surface area contributed by atoms with E-state index < -0.39 is 5.41 Å². The number of hydrogen-bond donors (Lipinski definition) is 1. The number of carbonyl (C=O) groups is 1. The monoisotopic (exact) mass is 470 g/mol. The van der Waals surface area contributed by atoms with Crippen LogP contribution in [0, 0.1) is 11.3 Å². The highest BCUT2D eigenvalue weighted by Gasteiger charge is 2.53. The third kappa shape index (κ3) is 4.62. The number of likely N-dealkylation sites (N-methyl/N-ethyl adjacent to an activating group) is 1. The lowest BCUT2D eigenvalue weighted by Gasteiger charge is -2.52. The predicted octanol–water partition coefficient (Wildman–Crippen LogP) is 6.63. The van der Waals surface area contributed by atoms with Gasteiger partial charge in [-0.25, -0.2) is 0 Å². The fraction of sp³-hybridized carbons (Fsp3) is 0.444. The minimum atomic E-state index is -0.501. The molecule has 0 radical (unpaired) electrons. The summed E-state index contributed by atoms with van der Waals surface area (Å²) in [4.78, 5) is 16.4. The molecule has 5 heteroatoms. The highest BCUT2D eigenvalue weighted by Crippen LogP contribution is 2.53. The van der Waals surface area contributed by atoms with Crippen LogP contribution in [0.2, 0.25) is 10.0 Å². The number of rotatable bonds is 8. The van der Waals surface area contributed by atoms with Gasteiger partial charge in [0.2, 0.25) is 5.91 Å². The van der Waals surface area contributed by atoms with Gasteiger partial charge in [0.15, 0.2) is 0 Å². The van der Waals surface area contributed by atoms with Gasteiger partial charge in [0, 0.05) is 28.5 Å². The number of nitrogens with one attached hydrogen (secondary N) is 1. The van der Waals surface area contributed by atoms with E-state index in [1.165, 1.54) is 18.4 Å². The normalized spacial score (nSPS) is 26.8. The number of likely N-dealkylation sites (tertiary alicyclic amines) is 1. The van der Waals surface area contributed by atoms with Crippen molar-refractivity contribution >= 4 is 29.1 Å². The molecule has 0 aromatic heterocycles. The number of allylic oxidation sites excluding steroid dienone is 1. The Hall–Kier alpha value is -1.81. The van der Waals surface area contributed by atoms with Gasteiger partial charge in [-0.3, -0.25) is 4.79 Å². The van der Waals surface area contributed by atoms with E-state index in [0.717, 1.165) is 23.6 Å². The average Bonchev–Trinajstić information content (AvgIpc) is 3.60. The van der Waals surface area contributed by atoms with Crippen molar-refractivity contribution in [2.45, 2.75) is 50.6 Å². The second kappa shape index (κ2) is 9.59. The lowest BCUT2D eigenvalue weighted by molar-refractivity contribution is -0.155. The summed E-state index contributed by atoms with van der Waals surface area (Å²) in [6, 6.07) is 16.2. The van der Waals surface area contributed by atoms with E-state index in [-0.39, 0.29) is 23.9 Å². The summed E-state index contributed by atoms with van der Waals surface area (Å²) < 4.78 is 0. The van der Waals surface area contributed by atoms with Crippen molar-refractivity contribution < 1.29 is 4.79 Å². The fourth-order valence-corrected chi connectivity index (χ4v) is 5.76. The van der Waals surface area contributed by atoms with Gasteiger partial charge >= 0.3 is 0 Å². The molecule has 2 aliphatic rings. The van der Waals surface area contributed by atoms with Crippen molar-refractivity contribution in [1.82, 2.24) is 10.2 Å². The van der Waals surface area contributed by atoms with Crippen LogP contribution in [0.25, 0.3) is 0 Å². The third-order valence-corrected chi connectivity index (χ3v) is 7.61. The first-order valence-electron chi connectivity index (χ1n) is 11.5. The van der Waals surface area contributed by atoms with Gasteiger partial charge in [0.25, 0.3) is 0 Å². The molecule has 1 amide bonds. The van der Waals surface area contributed by atoms with Crippen LogP contribution < -0.4 is 5.32 Å². The summed E-state index contributed by atoms with van der Waals surface area (Å²) in [6.07, 6.45) is 5.63. The molecule has 1 saturated carbocycles. The smallest absolute Gasteiger partial charge is 0.229 e. The van der Waals surface area contributed by atoms with Crippen molar-refractivity contribution in [3.05, 3.63) is 82.4 Å². The number of carbonyl (C=O) groups excluding carboxylic acids is 1. The molecular formula is C27H32Cl2N2O. The maximum Gasteiger partial charge on any atom is 0.229 e. The van der Waals surface area contributed by atoms with E-state index >= 15 is 0 Å². The molecule has 1 saturated heterocycles. The van der Waals surface area contributed by atoms with Gasteiger partial charge in [-0.1, -0.05) is 60.5 Å². The predicted molar refractivity (Wildman–Crippen MR) is 133 cm³/mol. The molecule has 2 aromatic carbocycles. The molecule has 1 N–H and O–H groups in total. The Kier molecular flexibility index (Phi) is 7.00. The summed E-state index contributed by atoms with van der Waals surface area (Å²) in [5, 5.41) is 4.78. The standard InChI is InChI=1S/C27H32Cl2N2O/c1-4-14-27(2)16-23(20-6-5-7-22(29)15-20)25(19-10-12-21(28)13-11-19)31(26(27)32)24(17-30-3)18-8-9-18/h4-7,10-13,15,18,23-25,30H,1,8-9,14,16-17H2,2-3H3/t23-,24+,25-,27+/m1/s1. The van der Waals surface area contributed by atoms with E-state index in [4.69, 9.17) is 23.2 Å². The highest BCUT2D eigenvalue weighted by molar-refractivity contribution is 6.30. The van der Waals surface area contributed by atoms with Crippen LogP contribution in [-0.4, -0.2) is 30.4 Å². The van der Waals surface area contributed by atoms with Crippen LogP contribution in [0.1, 0.15) is 55.7 Å². The minimum Gasteiger partial charge on any atom is -0.330 e. The molecular weight excluding hydrogens is 439 g/mol. The minimum absolute atomic E-state index is 0.0740. The van der Waals surface area contributed by atoms with Crippen LogP contribution in [0.5, 0.6) is 0 Å². The molecule has 1 aliphatic carbocycles. The van der Waals surface area contributed by atoms with Crippen LogP contribution in [-0.2, 0) is 4.79 Å². The summed E-state index contributed by atoms with van der Waals surface area (Å²) in [5.41, 5.74) is 1.79. The zero-order chi connectivity index (χ0) is 22.9. The number of benzene rings is 2. The average molecular weight is 471 g/mol. The van der Waals surface area contributed by atoms with Gasteiger partial charge < -0.3 is 10.2 Å². The third-order valence-electron chi connectivity index (χ3n) is 7.12. The van der Waals surface area contributed by atoms with Crippen molar-refractivity contribution in [3.8, 4) is 0 Å². The first-order chi connectivity index (χ1) is 15.4. The van der Waals surface area contributed by atoms with Gasteiger partial charge in [-0.2, -0.15) is 0 Å². The molecule has 0 spiro atoms. The fourth-order valence-electron chi connectivity index (χ4n) is 5.43. The van der Waals surface area contributed by atoms with Crippen LogP contribution >= 0.6 is 23.2 Å². The number of nitrogens with zero attached hydrogens (tertiary/aromatic N) is 1. The van der Waals surface area contributed by atoms with Crippen molar-refractivity contribution in [2.75, 3.05) is 13.6 Å². The number of hydrogen-bond acceptors (Lipinski definition) is 2. The maximum atomic E-state index is 14.2. The van der Waals surface area contributed by atoms with Crippen LogP contribution in [0.3, 0.4) is 0 Å². The zero-order valence-electron chi connectivity index (χ0n) is 18.9. The first-order valence-corrected chi connectivity index (χ1v) is 12.2. The Morgan fingerprint density at radius 2 is 1.88 bits per heavy atom. The second-order valence-corrected chi connectivity index (χ2v) is 10.5. The molecule has 1 aliphatic heterocycles. The Bertz CT molecular complexity index is 972. The Balaban J connectivity index is 1.89. The van der Waals surface area contributed by atoms with Gasteiger partial charge in [0.05, 0.1) is 11.5 Å². The first kappa shape index (κ1) is 23.4. The van der Waals surface area contributed by atoms with Crippen LogP contribution in [0.4, 0.5) is 0 Å². The Labute approximate surface area is 201 Å². The van der Waals surface area contributed by atoms with E-state index in [1.54, 1.807) is 0 Å². The van der Waals surface area contributed by atoms with Crippen molar-refractivity contribution in [3.63, 3.8) is 0 Å². The number of piperidine rings is 1. The molecule has 4 rings (SSSR count). The number of amides is 1. The molecule has 3 nitrogen and oxygen atoms in total. The topological polar surface area (TPSA) is 32.3 Å². The summed E-state index contributed by atoms with van der Waals surface area (Å²) in [6.45, 7) is 6.85. The van der Waals surface area contributed by atoms with E-state index in [2.05, 4.69) is 48.0 Å². The summed E-state index contributed by atoms with van der Waals surface area (Å²) in [5.74, 6) is 0.880. The molecule has 0 unspecified atom stereocenters. The molecule has 2 aromatic rings. The lowest BCUT2D eigenvalue weighted by atomic mass is 9.67. The van der Waals surface area contributed by atoms with Crippen LogP contribution in [0.15, 0.2) is 61.2 Å². The zero-order valence-corrected chi connectivity index (χ0v) is 20.4. The van der Waals surface area contributed by atoms with E-state index in [0.29, 0.717) is 17.4 Å². The molecule has 32 heavy (non-hydrogen) atoms. The molecule has 0 bridgehead atoms.